The van der Waals surface area contributed by atoms with Gasteiger partial charge in [-0.05, 0) is 24.1 Å². The zero-order valence-electron chi connectivity index (χ0n) is 11.4. The first-order valence-electron chi connectivity index (χ1n) is 6.63. The van der Waals surface area contributed by atoms with Crippen LogP contribution in [-0.2, 0) is 13.0 Å². The molecule has 2 rings (SSSR count). The third-order valence-electron chi connectivity index (χ3n) is 3.21. The average molecular weight is 266 g/mol. The maximum Gasteiger partial charge on any atom is 0.129 e. The van der Waals surface area contributed by atoms with E-state index in [2.05, 4.69) is 25.7 Å². The van der Waals surface area contributed by atoms with Gasteiger partial charge in [-0.2, -0.15) is 11.8 Å². The van der Waals surface area contributed by atoms with Crippen molar-refractivity contribution in [1.29, 1.82) is 0 Å². The number of pyridine rings is 1. The molecule has 0 bridgehead atoms. The third kappa shape index (κ3) is 3.18. The molecular weight excluding hydrogens is 244 g/mol. The molecule has 1 aromatic heterocycles. The van der Waals surface area contributed by atoms with E-state index in [-0.39, 0.29) is 6.61 Å². The molecule has 3 nitrogen and oxygen atoms in total. The highest BCUT2D eigenvalue weighted by Gasteiger charge is 2.23. The maximum atomic E-state index is 9.33. The lowest BCUT2D eigenvalue weighted by Crippen LogP contribution is -2.41. The van der Waals surface area contributed by atoms with Crippen molar-refractivity contribution in [2.75, 3.05) is 18.0 Å². The van der Waals surface area contributed by atoms with Crippen molar-refractivity contribution in [2.24, 2.45) is 0 Å². The molecule has 4 heteroatoms. The monoisotopic (exact) mass is 266 g/mol. The van der Waals surface area contributed by atoms with Crippen LogP contribution < -0.4 is 4.90 Å². The van der Waals surface area contributed by atoms with Crippen LogP contribution in [0.3, 0.4) is 0 Å². The van der Waals surface area contributed by atoms with Gasteiger partial charge in [-0.1, -0.05) is 20.8 Å². The summed E-state index contributed by atoms with van der Waals surface area (Å²) < 4.78 is 0. The number of hydrogen-bond donors (Lipinski definition) is 1. The second-order valence-corrected chi connectivity index (χ2v) is 6.88. The van der Waals surface area contributed by atoms with Crippen molar-refractivity contribution in [1.82, 2.24) is 4.98 Å². The smallest absolute Gasteiger partial charge is 0.129 e. The van der Waals surface area contributed by atoms with E-state index in [1.54, 1.807) is 0 Å². The van der Waals surface area contributed by atoms with Crippen LogP contribution in [0.1, 0.15) is 32.0 Å². The SMILES string of the molecule is CCc1cc(CO)cc(N2CC(C)SC(C)C2)n1. The van der Waals surface area contributed by atoms with Crippen LogP contribution in [0, 0.1) is 0 Å². The number of hydrogen-bond acceptors (Lipinski definition) is 4. The van der Waals surface area contributed by atoms with Crippen LogP contribution in [0.5, 0.6) is 0 Å². The highest BCUT2D eigenvalue weighted by atomic mass is 32.2. The molecule has 1 aliphatic rings. The Bertz CT molecular complexity index is 379. The van der Waals surface area contributed by atoms with Crippen molar-refractivity contribution < 1.29 is 5.11 Å². The van der Waals surface area contributed by atoms with Gasteiger partial charge in [0, 0.05) is 29.3 Å². The van der Waals surface area contributed by atoms with Crippen LogP contribution in [-0.4, -0.2) is 33.7 Å². The van der Waals surface area contributed by atoms with E-state index in [0.717, 1.165) is 36.6 Å². The highest BCUT2D eigenvalue weighted by Crippen LogP contribution is 2.28. The fourth-order valence-corrected chi connectivity index (χ4v) is 3.76. The van der Waals surface area contributed by atoms with Gasteiger partial charge in [-0.3, -0.25) is 0 Å². The summed E-state index contributed by atoms with van der Waals surface area (Å²) in [5.74, 6) is 1.03. The summed E-state index contributed by atoms with van der Waals surface area (Å²) in [6.07, 6.45) is 0.911. The molecule has 0 amide bonds. The molecule has 0 saturated carbocycles. The molecule has 1 aromatic rings. The van der Waals surface area contributed by atoms with E-state index in [1.165, 1.54) is 0 Å². The molecule has 2 atom stereocenters. The minimum absolute atomic E-state index is 0.0935. The molecule has 0 radical (unpaired) electrons. The summed E-state index contributed by atoms with van der Waals surface area (Å²) in [4.78, 5) is 7.05. The molecule has 1 fully saturated rings. The van der Waals surface area contributed by atoms with E-state index < -0.39 is 0 Å². The summed E-state index contributed by atoms with van der Waals surface area (Å²) in [7, 11) is 0. The molecule has 0 aliphatic carbocycles. The Kier molecular flexibility index (Phi) is 4.51. The summed E-state index contributed by atoms with van der Waals surface area (Å²) in [5, 5.41) is 10.6. The van der Waals surface area contributed by atoms with Gasteiger partial charge >= 0.3 is 0 Å². The average Bonchev–Trinajstić information content (AvgIpc) is 2.37. The molecule has 2 unspecified atom stereocenters. The number of rotatable bonds is 3. The van der Waals surface area contributed by atoms with Crippen LogP contribution in [0.15, 0.2) is 12.1 Å². The van der Waals surface area contributed by atoms with E-state index in [0.29, 0.717) is 10.5 Å². The van der Waals surface area contributed by atoms with Gasteiger partial charge in [-0.15, -0.1) is 0 Å². The first-order valence-corrected chi connectivity index (χ1v) is 7.57. The van der Waals surface area contributed by atoms with Crippen LogP contribution >= 0.6 is 11.8 Å². The predicted octanol–water partition coefficient (Wildman–Crippen LogP) is 2.47. The van der Waals surface area contributed by atoms with Crippen LogP contribution in [0.25, 0.3) is 0 Å². The Morgan fingerprint density at radius 2 is 2.00 bits per heavy atom. The Labute approximate surface area is 114 Å². The van der Waals surface area contributed by atoms with Gasteiger partial charge in [0.1, 0.15) is 5.82 Å². The first-order chi connectivity index (χ1) is 8.62. The Hall–Kier alpha value is -0.740. The minimum Gasteiger partial charge on any atom is -0.392 e. The fraction of sp³-hybridized carbons (Fsp3) is 0.643. The lowest BCUT2D eigenvalue weighted by atomic mass is 10.2. The second kappa shape index (κ2) is 5.93. The van der Waals surface area contributed by atoms with Crippen molar-refractivity contribution in [3.05, 3.63) is 23.4 Å². The van der Waals surface area contributed by atoms with Crippen molar-refractivity contribution in [3.63, 3.8) is 0 Å². The lowest BCUT2D eigenvalue weighted by molar-refractivity contribution is 0.281. The summed E-state index contributed by atoms with van der Waals surface area (Å²) >= 11 is 2.04. The molecule has 100 valence electrons. The van der Waals surface area contributed by atoms with Gasteiger partial charge in [0.2, 0.25) is 0 Å². The second-order valence-electron chi connectivity index (χ2n) is 5.00. The molecule has 1 aliphatic heterocycles. The van der Waals surface area contributed by atoms with Gasteiger partial charge in [-0.25, -0.2) is 4.98 Å². The number of aromatic nitrogens is 1. The molecule has 2 heterocycles. The van der Waals surface area contributed by atoms with E-state index in [4.69, 9.17) is 4.98 Å². The van der Waals surface area contributed by atoms with Crippen molar-refractivity contribution >= 4 is 17.6 Å². The van der Waals surface area contributed by atoms with Crippen LogP contribution in [0.4, 0.5) is 5.82 Å². The van der Waals surface area contributed by atoms with Gasteiger partial charge in [0.25, 0.3) is 0 Å². The number of nitrogens with zero attached hydrogens (tertiary/aromatic N) is 2. The normalized spacial score (nSPS) is 24.3. The van der Waals surface area contributed by atoms with Gasteiger partial charge in [0.05, 0.1) is 6.61 Å². The largest absolute Gasteiger partial charge is 0.392 e. The number of aliphatic hydroxyl groups excluding tert-OH is 1. The summed E-state index contributed by atoms with van der Waals surface area (Å²) in [6, 6.07) is 4.02. The Balaban J connectivity index is 2.25. The van der Waals surface area contributed by atoms with E-state index in [9.17, 15) is 5.11 Å². The third-order valence-corrected chi connectivity index (χ3v) is 4.44. The van der Waals surface area contributed by atoms with Gasteiger partial charge < -0.3 is 10.0 Å². The lowest BCUT2D eigenvalue weighted by Gasteiger charge is -2.35. The molecule has 1 saturated heterocycles. The topological polar surface area (TPSA) is 36.4 Å². The van der Waals surface area contributed by atoms with Crippen molar-refractivity contribution in [3.8, 4) is 0 Å². The van der Waals surface area contributed by atoms with E-state index in [1.807, 2.05) is 23.9 Å². The molecule has 1 N–H and O–H groups in total. The first kappa shape index (κ1) is 13.7. The van der Waals surface area contributed by atoms with E-state index >= 15 is 0 Å². The number of thioether (sulfide) groups is 1. The van der Waals surface area contributed by atoms with Gasteiger partial charge in [0.15, 0.2) is 0 Å². The standard InChI is InChI=1S/C14H22N2OS/c1-4-13-5-12(9-17)6-14(15-13)16-7-10(2)18-11(3)8-16/h5-6,10-11,17H,4,7-9H2,1-3H3. The number of anilines is 1. The highest BCUT2D eigenvalue weighted by molar-refractivity contribution is 8.00. The molecular formula is C14H22N2OS. The zero-order valence-corrected chi connectivity index (χ0v) is 12.2. The molecule has 18 heavy (non-hydrogen) atoms. The Morgan fingerprint density at radius 3 is 2.56 bits per heavy atom. The zero-order chi connectivity index (χ0) is 13.1. The summed E-state index contributed by atoms with van der Waals surface area (Å²) in [6.45, 7) is 8.81. The predicted molar refractivity (Wildman–Crippen MR) is 78.3 cm³/mol. The van der Waals surface area contributed by atoms with Crippen molar-refractivity contribution in [2.45, 2.75) is 44.3 Å². The fourth-order valence-electron chi connectivity index (χ4n) is 2.43. The molecule has 0 aromatic carbocycles. The number of aryl methyl sites for hydroxylation is 1. The summed E-state index contributed by atoms with van der Waals surface area (Å²) in [5.41, 5.74) is 2.03. The Morgan fingerprint density at radius 1 is 1.33 bits per heavy atom. The van der Waals surface area contributed by atoms with Crippen LogP contribution in [0.2, 0.25) is 0 Å². The maximum absolute atomic E-state index is 9.33. The number of aliphatic hydroxyl groups is 1. The minimum atomic E-state index is 0.0935. The quantitative estimate of drug-likeness (QED) is 0.912. The molecule has 0 spiro atoms.